The number of aliphatic carboxylic acids is 1. The minimum atomic E-state index is -1.19. The second-order valence-corrected chi connectivity index (χ2v) is 3.68. The van der Waals surface area contributed by atoms with Crippen LogP contribution in [0.3, 0.4) is 0 Å². The van der Waals surface area contributed by atoms with Gasteiger partial charge in [-0.15, -0.1) is 0 Å². The predicted octanol–water partition coefficient (Wildman–Crippen LogP) is -0.963. The van der Waals surface area contributed by atoms with Crippen molar-refractivity contribution in [2.45, 2.75) is 6.04 Å². The quantitative estimate of drug-likeness (QED) is 0.529. The van der Waals surface area contributed by atoms with E-state index in [1.807, 2.05) is 0 Å². The van der Waals surface area contributed by atoms with Gasteiger partial charge >= 0.3 is 5.97 Å². The van der Waals surface area contributed by atoms with E-state index in [0.29, 0.717) is 5.56 Å². The summed E-state index contributed by atoms with van der Waals surface area (Å²) in [4.78, 5) is 33.4. The third-order valence-corrected chi connectivity index (χ3v) is 2.26. The van der Waals surface area contributed by atoms with Gasteiger partial charge in [-0.25, -0.2) is 0 Å². The molecule has 7 nitrogen and oxygen atoms in total. The molecule has 102 valence electrons. The number of carbonyl (C=O) groups excluding carboxylic acids is 2. The van der Waals surface area contributed by atoms with E-state index >= 15 is 0 Å². The molecule has 0 aromatic heterocycles. The van der Waals surface area contributed by atoms with Crippen LogP contribution in [-0.2, 0) is 14.4 Å². The maximum Gasteiger partial charge on any atom is 0.322 e. The van der Waals surface area contributed by atoms with Crippen molar-refractivity contribution in [3.63, 3.8) is 0 Å². The van der Waals surface area contributed by atoms with E-state index in [2.05, 4.69) is 10.6 Å². The van der Waals surface area contributed by atoms with Crippen LogP contribution in [0.5, 0.6) is 0 Å². The number of hydrogen-bond acceptors (Lipinski definition) is 4. The van der Waals surface area contributed by atoms with E-state index < -0.39 is 37.0 Å². The van der Waals surface area contributed by atoms with Gasteiger partial charge in [0.25, 0.3) is 0 Å². The summed E-state index contributed by atoms with van der Waals surface area (Å²) >= 11 is 0. The molecule has 0 saturated carbocycles. The van der Waals surface area contributed by atoms with Gasteiger partial charge in [-0.05, 0) is 5.56 Å². The zero-order valence-corrected chi connectivity index (χ0v) is 10.00. The zero-order valence-electron chi connectivity index (χ0n) is 10.00. The van der Waals surface area contributed by atoms with Crippen LogP contribution in [0.15, 0.2) is 30.3 Å². The molecule has 4 N–H and O–H groups in total. The second kappa shape index (κ2) is 7.12. The van der Waals surface area contributed by atoms with E-state index in [1.54, 1.807) is 30.3 Å². The van der Waals surface area contributed by atoms with Crippen LogP contribution >= 0.6 is 0 Å². The highest BCUT2D eigenvalue weighted by molar-refractivity contribution is 5.90. The molecular formula is C12H14N2O5. The fourth-order valence-corrected chi connectivity index (χ4v) is 1.42. The van der Waals surface area contributed by atoms with Gasteiger partial charge in [0.2, 0.25) is 11.8 Å². The number of aliphatic hydroxyl groups is 1. The van der Waals surface area contributed by atoms with Crippen molar-refractivity contribution in [3.8, 4) is 0 Å². The third kappa shape index (κ3) is 4.76. The molecular weight excluding hydrogens is 252 g/mol. The Kier molecular flexibility index (Phi) is 5.49. The maximum absolute atomic E-state index is 11.8. The first-order valence-electron chi connectivity index (χ1n) is 5.49. The van der Waals surface area contributed by atoms with Crippen molar-refractivity contribution >= 4 is 17.8 Å². The molecule has 19 heavy (non-hydrogen) atoms. The standard InChI is InChI=1S/C12H14N2O5/c15-7-9(16)14-11(8-4-2-1-3-5-8)12(19)13-6-10(17)18/h1-5,11,15H,6-7H2,(H,13,19)(H,14,16)(H,17,18)/t11-/m1/s1. The zero-order chi connectivity index (χ0) is 14.3. The first-order valence-corrected chi connectivity index (χ1v) is 5.49. The van der Waals surface area contributed by atoms with Crippen molar-refractivity contribution in [3.05, 3.63) is 35.9 Å². The maximum atomic E-state index is 11.8. The van der Waals surface area contributed by atoms with Gasteiger partial charge in [0.15, 0.2) is 0 Å². The highest BCUT2D eigenvalue weighted by Gasteiger charge is 2.22. The van der Waals surface area contributed by atoms with Gasteiger partial charge in [0, 0.05) is 0 Å². The molecule has 0 unspecified atom stereocenters. The number of nitrogens with one attached hydrogen (secondary N) is 2. The van der Waals surface area contributed by atoms with E-state index in [-0.39, 0.29) is 0 Å². The molecule has 0 aliphatic heterocycles. The van der Waals surface area contributed by atoms with Crippen molar-refractivity contribution in [2.75, 3.05) is 13.2 Å². The smallest absolute Gasteiger partial charge is 0.322 e. The molecule has 0 aliphatic rings. The lowest BCUT2D eigenvalue weighted by Gasteiger charge is -2.17. The van der Waals surface area contributed by atoms with Gasteiger partial charge in [0.05, 0.1) is 0 Å². The van der Waals surface area contributed by atoms with Crippen LogP contribution in [0, 0.1) is 0 Å². The average molecular weight is 266 g/mol. The summed E-state index contributed by atoms with van der Waals surface area (Å²) in [6.45, 7) is -1.30. The molecule has 7 heteroatoms. The second-order valence-electron chi connectivity index (χ2n) is 3.68. The first-order chi connectivity index (χ1) is 9.04. The van der Waals surface area contributed by atoms with E-state index in [1.165, 1.54) is 0 Å². The number of hydrogen-bond donors (Lipinski definition) is 4. The number of benzene rings is 1. The topological polar surface area (TPSA) is 116 Å². The van der Waals surface area contributed by atoms with E-state index in [4.69, 9.17) is 10.2 Å². The Morgan fingerprint density at radius 2 is 1.79 bits per heavy atom. The van der Waals surface area contributed by atoms with Gasteiger partial charge < -0.3 is 20.8 Å². The minimum absolute atomic E-state index is 0.493. The van der Waals surface area contributed by atoms with Crippen LogP contribution < -0.4 is 10.6 Å². The fourth-order valence-electron chi connectivity index (χ4n) is 1.42. The molecule has 0 bridgehead atoms. The number of amides is 2. The molecule has 2 amide bonds. The minimum Gasteiger partial charge on any atom is -0.480 e. The number of carbonyl (C=O) groups is 3. The Morgan fingerprint density at radius 3 is 2.32 bits per heavy atom. The van der Waals surface area contributed by atoms with E-state index in [0.717, 1.165) is 0 Å². The summed E-state index contributed by atoms with van der Waals surface area (Å²) in [5, 5.41) is 21.7. The van der Waals surface area contributed by atoms with E-state index in [9.17, 15) is 14.4 Å². The molecule has 0 spiro atoms. The number of carboxylic acids is 1. The van der Waals surface area contributed by atoms with Crippen molar-refractivity contribution in [2.24, 2.45) is 0 Å². The molecule has 1 rings (SSSR count). The third-order valence-electron chi connectivity index (χ3n) is 2.26. The molecule has 0 aliphatic carbocycles. The number of rotatable bonds is 6. The van der Waals surface area contributed by atoms with Crippen molar-refractivity contribution in [1.82, 2.24) is 10.6 Å². The summed E-state index contributed by atoms with van der Waals surface area (Å²) in [6, 6.07) is 7.28. The Hall–Kier alpha value is -2.41. The van der Waals surface area contributed by atoms with Crippen LogP contribution in [0.1, 0.15) is 11.6 Å². The Morgan fingerprint density at radius 1 is 1.16 bits per heavy atom. The van der Waals surface area contributed by atoms with Crippen molar-refractivity contribution < 1.29 is 24.6 Å². The Bertz CT molecular complexity index is 460. The summed E-state index contributed by atoms with van der Waals surface area (Å²) in [5.41, 5.74) is 0.493. The van der Waals surface area contributed by atoms with Crippen LogP contribution in [0.4, 0.5) is 0 Å². The average Bonchev–Trinajstić information content (AvgIpc) is 2.42. The van der Waals surface area contributed by atoms with Crippen molar-refractivity contribution in [1.29, 1.82) is 0 Å². The fraction of sp³-hybridized carbons (Fsp3) is 0.250. The lowest BCUT2D eigenvalue weighted by molar-refractivity contribution is -0.138. The molecule has 1 atom stereocenters. The summed E-state index contributed by atoms with van der Waals surface area (Å²) in [6.07, 6.45) is 0. The number of aliphatic hydroxyl groups excluding tert-OH is 1. The van der Waals surface area contributed by atoms with Gasteiger partial charge in [-0.2, -0.15) is 0 Å². The molecule has 0 heterocycles. The highest BCUT2D eigenvalue weighted by atomic mass is 16.4. The highest BCUT2D eigenvalue weighted by Crippen LogP contribution is 2.12. The molecule has 0 radical (unpaired) electrons. The molecule has 1 aromatic rings. The molecule has 1 aromatic carbocycles. The SMILES string of the molecule is O=C(O)CNC(=O)[C@H](NC(=O)CO)c1ccccc1. The number of carboxylic acid groups (broad SMARTS) is 1. The van der Waals surface area contributed by atoms with Gasteiger partial charge in [-0.3, -0.25) is 14.4 Å². The van der Waals surface area contributed by atoms with Crippen LogP contribution in [0.25, 0.3) is 0 Å². The normalized spacial score (nSPS) is 11.4. The summed E-state index contributed by atoms with van der Waals surface area (Å²) in [7, 11) is 0. The summed E-state index contributed by atoms with van der Waals surface area (Å²) in [5.74, 6) is -2.57. The first kappa shape index (κ1) is 14.7. The lowest BCUT2D eigenvalue weighted by Crippen LogP contribution is -2.42. The molecule has 0 fully saturated rings. The molecule has 0 saturated heterocycles. The Labute approximate surface area is 109 Å². The summed E-state index contributed by atoms with van der Waals surface area (Å²) < 4.78 is 0. The van der Waals surface area contributed by atoms with Gasteiger partial charge in [-0.1, -0.05) is 30.3 Å². The lowest BCUT2D eigenvalue weighted by atomic mass is 10.1. The Balaban J connectivity index is 2.83. The largest absolute Gasteiger partial charge is 0.480 e. The van der Waals surface area contributed by atoms with Crippen LogP contribution in [-0.4, -0.2) is 41.1 Å². The monoisotopic (exact) mass is 266 g/mol. The van der Waals surface area contributed by atoms with Crippen LogP contribution in [0.2, 0.25) is 0 Å². The van der Waals surface area contributed by atoms with Gasteiger partial charge in [0.1, 0.15) is 19.2 Å². The predicted molar refractivity (Wildman–Crippen MR) is 65.1 cm³/mol.